The van der Waals surface area contributed by atoms with Gasteiger partial charge in [-0.1, -0.05) is 13.8 Å². The van der Waals surface area contributed by atoms with Crippen molar-refractivity contribution in [1.82, 2.24) is 4.98 Å². The predicted molar refractivity (Wildman–Crippen MR) is 72.0 cm³/mol. The molecule has 0 saturated heterocycles. The molecule has 1 aromatic rings. The molecule has 3 atom stereocenters. The monoisotopic (exact) mass is 266 g/mol. The van der Waals surface area contributed by atoms with Crippen molar-refractivity contribution in [3.8, 4) is 0 Å². The molecule has 1 saturated carbocycles. The molecule has 1 fully saturated rings. The molecule has 1 heterocycles. The SMILES string of the molecule is CCOC(=O)c1coc(NC2CCC(C)C(C)C2)n1. The summed E-state index contributed by atoms with van der Waals surface area (Å²) in [7, 11) is 0. The van der Waals surface area contributed by atoms with E-state index >= 15 is 0 Å². The Balaban J connectivity index is 1.91. The Hall–Kier alpha value is -1.52. The molecular weight excluding hydrogens is 244 g/mol. The van der Waals surface area contributed by atoms with Crippen molar-refractivity contribution < 1.29 is 13.9 Å². The van der Waals surface area contributed by atoms with E-state index in [9.17, 15) is 4.79 Å². The number of anilines is 1. The fourth-order valence-corrected chi connectivity index (χ4v) is 2.49. The molecule has 0 amide bonds. The van der Waals surface area contributed by atoms with Crippen molar-refractivity contribution in [3.63, 3.8) is 0 Å². The lowest BCUT2D eigenvalue weighted by molar-refractivity contribution is 0.0519. The predicted octanol–water partition coefficient (Wildman–Crippen LogP) is 3.09. The number of carbonyl (C=O) groups is 1. The molecule has 0 radical (unpaired) electrons. The summed E-state index contributed by atoms with van der Waals surface area (Å²) in [6.45, 7) is 6.68. The van der Waals surface area contributed by atoms with Crippen molar-refractivity contribution in [2.45, 2.75) is 46.1 Å². The van der Waals surface area contributed by atoms with E-state index in [1.54, 1.807) is 6.92 Å². The second kappa shape index (κ2) is 6.08. The van der Waals surface area contributed by atoms with Gasteiger partial charge in [-0.15, -0.1) is 0 Å². The average Bonchev–Trinajstić information content (AvgIpc) is 2.83. The number of oxazole rings is 1. The third kappa shape index (κ3) is 3.49. The molecule has 0 aromatic carbocycles. The van der Waals surface area contributed by atoms with Gasteiger partial charge in [0.15, 0.2) is 5.69 Å². The normalized spacial score (nSPS) is 27.0. The number of carbonyl (C=O) groups excluding carboxylic acids is 1. The maximum Gasteiger partial charge on any atom is 0.360 e. The number of nitrogens with one attached hydrogen (secondary N) is 1. The molecule has 106 valence electrons. The zero-order chi connectivity index (χ0) is 13.8. The minimum Gasteiger partial charge on any atom is -0.461 e. The Morgan fingerprint density at radius 1 is 1.47 bits per heavy atom. The Labute approximate surface area is 113 Å². The summed E-state index contributed by atoms with van der Waals surface area (Å²) in [4.78, 5) is 15.6. The first-order chi connectivity index (χ1) is 9.10. The number of esters is 1. The van der Waals surface area contributed by atoms with Crippen LogP contribution in [0.3, 0.4) is 0 Å². The van der Waals surface area contributed by atoms with Gasteiger partial charge in [-0.3, -0.25) is 0 Å². The summed E-state index contributed by atoms with van der Waals surface area (Å²) >= 11 is 0. The van der Waals surface area contributed by atoms with Crippen LogP contribution in [-0.4, -0.2) is 23.6 Å². The zero-order valence-electron chi connectivity index (χ0n) is 11.8. The number of rotatable bonds is 4. The van der Waals surface area contributed by atoms with Crippen molar-refractivity contribution in [2.75, 3.05) is 11.9 Å². The van der Waals surface area contributed by atoms with Crippen molar-refractivity contribution in [3.05, 3.63) is 12.0 Å². The van der Waals surface area contributed by atoms with Gasteiger partial charge in [-0.25, -0.2) is 4.79 Å². The molecule has 5 nitrogen and oxygen atoms in total. The quantitative estimate of drug-likeness (QED) is 0.848. The highest BCUT2D eigenvalue weighted by atomic mass is 16.5. The molecule has 0 spiro atoms. The smallest absolute Gasteiger partial charge is 0.360 e. The molecule has 5 heteroatoms. The van der Waals surface area contributed by atoms with Crippen LogP contribution in [0.1, 0.15) is 50.5 Å². The molecule has 1 aliphatic rings. The summed E-state index contributed by atoms with van der Waals surface area (Å²) in [5.74, 6) is 1.04. The van der Waals surface area contributed by atoms with Crippen LogP contribution in [0.15, 0.2) is 10.7 Å². The van der Waals surface area contributed by atoms with Gasteiger partial charge < -0.3 is 14.5 Å². The van der Waals surface area contributed by atoms with Crippen LogP contribution in [0.5, 0.6) is 0 Å². The zero-order valence-corrected chi connectivity index (χ0v) is 11.8. The number of ether oxygens (including phenoxy) is 1. The summed E-state index contributed by atoms with van der Waals surface area (Å²) < 4.78 is 10.1. The van der Waals surface area contributed by atoms with E-state index in [2.05, 4.69) is 24.1 Å². The van der Waals surface area contributed by atoms with Crippen LogP contribution in [-0.2, 0) is 4.74 Å². The molecule has 2 rings (SSSR count). The molecule has 0 bridgehead atoms. The molecule has 0 aliphatic heterocycles. The van der Waals surface area contributed by atoms with Crippen LogP contribution >= 0.6 is 0 Å². The average molecular weight is 266 g/mol. The highest BCUT2D eigenvalue weighted by Crippen LogP contribution is 2.30. The molecule has 1 aromatic heterocycles. The van der Waals surface area contributed by atoms with Gasteiger partial charge in [0.1, 0.15) is 6.26 Å². The first kappa shape index (κ1) is 13.9. The van der Waals surface area contributed by atoms with Crippen molar-refractivity contribution in [1.29, 1.82) is 0 Å². The van der Waals surface area contributed by atoms with E-state index in [-0.39, 0.29) is 5.69 Å². The van der Waals surface area contributed by atoms with E-state index in [4.69, 9.17) is 9.15 Å². The van der Waals surface area contributed by atoms with E-state index in [1.165, 1.54) is 12.7 Å². The first-order valence-corrected chi connectivity index (χ1v) is 6.99. The van der Waals surface area contributed by atoms with Crippen LogP contribution in [0.4, 0.5) is 6.01 Å². The minimum atomic E-state index is -0.440. The van der Waals surface area contributed by atoms with Crippen LogP contribution < -0.4 is 5.32 Å². The lowest BCUT2D eigenvalue weighted by atomic mass is 9.79. The third-order valence-electron chi connectivity index (χ3n) is 3.91. The van der Waals surface area contributed by atoms with Gasteiger partial charge in [0, 0.05) is 6.04 Å². The van der Waals surface area contributed by atoms with E-state index in [1.807, 2.05) is 0 Å². The summed E-state index contributed by atoms with van der Waals surface area (Å²) in [5, 5.41) is 3.26. The van der Waals surface area contributed by atoms with Crippen LogP contribution in [0.2, 0.25) is 0 Å². The van der Waals surface area contributed by atoms with E-state index < -0.39 is 5.97 Å². The van der Waals surface area contributed by atoms with E-state index in [0.29, 0.717) is 24.6 Å². The highest BCUT2D eigenvalue weighted by Gasteiger charge is 2.25. The maximum atomic E-state index is 11.5. The van der Waals surface area contributed by atoms with Gasteiger partial charge in [0.2, 0.25) is 0 Å². The standard InChI is InChI=1S/C14H22N2O3/c1-4-18-13(17)12-8-19-14(16-12)15-11-6-5-9(2)10(3)7-11/h8-11H,4-7H2,1-3H3,(H,15,16). The number of hydrogen-bond acceptors (Lipinski definition) is 5. The number of aromatic nitrogens is 1. The van der Waals surface area contributed by atoms with E-state index in [0.717, 1.165) is 18.8 Å². The molecule has 1 N–H and O–H groups in total. The Kier molecular flexibility index (Phi) is 4.45. The summed E-state index contributed by atoms with van der Waals surface area (Å²) in [6.07, 6.45) is 4.78. The van der Waals surface area contributed by atoms with Gasteiger partial charge in [0.25, 0.3) is 6.01 Å². The second-order valence-corrected chi connectivity index (χ2v) is 5.37. The number of hydrogen-bond donors (Lipinski definition) is 1. The van der Waals surface area contributed by atoms with Gasteiger partial charge >= 0.3 is 5.97 Å². The molecular formula is C14H22N2O3. The van der Waals surface area contributed by atoms with Gasteiger partial charge in [-0.2, -0.15) is 4.98 Å². The van der Waals surface area contributed by atoms with Crippen LogP contribution in [0, 0.1) is 11.8 Å². The lowest BCUT2D eigenvalue weighted by Gasteiger charge is -2.32. The topological polar surface area (TPSA) is 64.4 Å². The van der Waals surface area contributed by atoms with Gasteiger partial charge in [0.05, 0.1) is 6.61 Å². The van der Waals surface area contributed by atoms with Crippen molar-refractivity contribution >= 4 is 12.0 Å². The Morgan fingerprint density at radius 2 is 2.26 bits per heavy atom. The highest BCUT2D eigenvalue weighted by molar-refractivity contribution is 5.87. The van der Waals surface area contributed by atoms with Gasteiger partial charge in [-0.05, 0) is 38.0 Å². The molecule has 3 unspecified atom stereocenters. The molecule has 19 heavy (non-hydrogen) atoms. The lowest BCUT2D eigenvalue weighted by Crippen LogP contribution is -2.30. The fourth-order valence-electron chi connectivity index (χ4n) is 2.49. The van der Waals surface area contributed by atoms with Crippen molar-refractivity contribution in [2.24, 2.45) is 11.8 Å². The second-order valence-electron chi connectivity index (χ2n) is 5.37. The van der Waals surface area contributed by atoms with Crippen LogP contribution in [0.25, 0.3) is 0 Å². The third-order valence-corrected chi connectivity index (χ3v) is 3.91. The minimum absolute atomic E-state index is 0.224. The number of nitrogens with zero attached hydrogens (tertiary/aromatic N) is 1. The fraction of sp³-hybridized carbons (Fsp3) is 0.714. The Bertz CT molecular complexity index is 430. The first-order valence-electron chi connectivity index (χ1n) is 6.99. The largest absolute Gasteiger partial charge is 0.461 e. The summed E-state index contributed by atoms with van der Waals surface area (Å²) in [6, 6.07) is 0.787. The Morgan fingerprint density at radius 3 is 2.95 bits per heavy atom. The maximum absolute atomic E-state index is 11.5. The summed E-state index contributed by atoms with van der Waals surface area (Å²) in [5.41, 5.74) is 0.224. The molecule has 1 aliphatic carbocycles.